The highest BCUT2D eigenvalue weighted by molar-refractivity contribution is 9.11. The van der Waals surface area contributed by atoms with E-state index in [1.807, 2.05) is 0 Å². The predicted molar refractivity (Wildman–Crippen MR) is 71.9 cm³/mol. The van der Waals surface area contributed by atoms with Crippen LogP contribution in [0.1, 0.15) is 34.6 Å². The van der Waals surface area contributed by atoms with Crippen molar-refractivity contribution in [3.8, 4) is 0 Å². The maximum Gasteiger partial charge on any atom is 0.162 e. The van der Waals surface area contributed by atoms with E-state index in [1.54, 1.807) is 0 Å². The van der Waals surface area contributed by atoms with Crippen molar-refractivity contribution in [3.63, 3.8) is 0 Å². The molecule has 86 valence electrons. The highest BCUT2D eigenvalue weighted by atomic mass is 79.9. The first-order valence-corrected chi connectivity index (χ1v) is 6.51. The first-order chi connectivity index (χ1) is 7.29. The number of benzene rings is 1. The van der Waals surface area contributed by atoms with Crippen LogP contribution < -0.4 is 0 Å². The molecule has 0 fully saturated rings. The second kappa shape index (κ2) is 5.17. The van der Waals surface area contributed by atoms with Gasteiger partial charge in [-0.2, -0.15) is 0 Å². The van der Waals surface area contributed by atoms with E-state index in [0.29, 0.717) is 8.95 Å². The molecule has 0 N–H and O–H groups in total. The van der Waals surface area contributed by atoms with Crippen LogP contribution in [-0.4, -0.2) is 11.6 Å². The topological polar surface area (TPSA) is 34.1 Å². The van der Waals surface area contributed by atoms with Crippen molar-refractivity contribution < 1.29 is 9.59 Å². The Balaban J connectivity index is 3.77. The van der Waals surface area contributed by atoms with E-state index in [-0.39, 0.29) is 32.7 Å². The van der Waals surface area contributed by atoms with Gasteiger partial charge in [-0.05, 0) is 45.7 Å². The smallest absolute Gasteiger partial charge is 0.162 e. The lowest BCUT2D eigenvalue weighted by Gasteiger charge is -2.12. The van der Waals surface area contributed by atoms with Gasteiger partial charge in [0.25, 0.3) is 0 Å². The highest BCUT2D eigenvalue weighted by Crippen LogP contribution is 2.41. The molecule has 1 aromatic rings. The first kappa shape index (κ1) is 14.2. The van der Waals surface area contributed by atoms with Crippen LogP contribution in [0.15, 0.2) is 8.95 Å². The standard InChI is InChI=1S/C10H6Br2Cl2O2/c1-3(15)5-7(11)10(14)6(4(2)16)8(12)9(5)13/h1-2H3. The molecule has 0 amide bonds. The molecule has 2 nitrogen and oxygen atoms in total. The molecule has 0 spiro atoms. The Labute approximate surface area is 120 Å². The fourth-order valence-electron chi connectivity index (χ4n) is 1.25. The molecule has 0 unspecified atom stereocenters. The summed E-state index contributed by atoms with van der Waals surface area (Å²) in [5.41, 5.74) is 0.534. The molecular weight excluding hydrogens is 383 g/mol. The third kappa shape index (κ3) is 2.35. The summed E-state index contributed by atoms with van der Waals surface area (Å²) in [4.78, 5) is 22.8. The normalized spacial score (nSPS) is 10.4. The van der Waals surface area contributed by atoms with Crippen molar-refractivity contribution in [3.05, 3.63) is 30.1 Å². The van der Waals surface area contributed by atoms with Crippen LogP contribution in [0.25, 0.3) is 0 Å². The van der Waals surface area contributed by atoms with Crippen molar-refractivity contribution in [1.82, 2.24) is 0 Å². The number of halogens is 4. The van der Waals surface area contributed by atoms with Gasteiger partial charge in [0, 0.05) is 8.95 Å². The lowest BCUT2D eigenvalue weighted by atomic mass is 10.1. The number of carbonyl (C=O) groups excluding carboxylic acids is 2. The molecule has 1 rings (SSSR count). The number of hydrogen-bond donors (Lipinski definition) is 0. The van der Waals surface area contributed by atoms with Crippen molar-refractivity contribution in [1.29, 1.82) is 0 Å². The highest BCUT2D eigenvalue weighted by Gasteiger charge is 2.23. The van der Waals surface area contributed by atoms with Crippen LogP contribution >= 0.6 is 55.1 Å². The summed E-state index contributed by atoms with van der Waals surface area (Å²) in [5, 5.41) is 0.378. The lowest BCUT2D eigenvalue weighted by Crippen LogP contribution is -2.03. The molecule has 0 saturated carbocycles. The molecular formula is C10H6Br2Cl2O2. The molecule has 0 aliphatic carbocycles. The van der Waals surface area contributed by atoms with E-state index < -0.39 is 0 Å². The minimum absolute atomic E-state index is 0.189. The van der Waals surface area contributed by atoms with Crippen molar-refractivity contribution >= 4 is 66.6 Å². The van der Waals surface area contributed by atoms with E-state index in [9.17, 15) is 9.59 Å². The quantitative estimate of drug-likeness (QED) is 0.532. The Morgan fingerprint density at radius 2 is 1.12 bits per heavy atom. The van der Waals surface area contributed by atoms with Gasteiger partial charge in [-0.25, -0.2) is 0 Å². The molecule has 16 heavy (non-hydrogen) atoms. The van der Waals surface area contributed by atoms with Crippen LogP contribution in [0.3, 0.4) is 0 Å². The molecule has 1 aromatic carbocycles. The largest absolute Gasteiger partial charge is 0.294 e. The Morgan fingerprint density at radius 1 is 0.875 bits per heavy atom. The number of rotatable bonds is 2. The van der Waals surface area contributed by atoms with Crippen LogP contribution in [0.4, 0.5) is 0 Å². The van der Waals surface area contributed by atoms with E-state index >= 15 is 0 Å². The Kier molecular flexibility index (Phi) is 4.57. The SMILES string of the molecule is CC(=O)c1c(Cl)c(Br)c(C(C)=O)c(Cl)c1Br. The molecule has 0 atom stereocenters. The average molecular weight is 389 g/mol. The summed E-state index contributed by atoms with van der Waals surface area (Å²) in [5.74, 6) is -0.454. The van der Waals surface area contributed by atoms with Crippen LogP contribution in [0.2, 0.25) is 10.0 Å². The fourth-order valence-corrected chi connectivity index (χ4v) is 3.47. The summed E-state index contributed by atoms with van der Waals surface area (Å²) in [7, 11) is 0. The van der Waals surface area contributed by atoms with Gasteiger partial charge in [0.1, 0.15) is 0 Å². The van der Waals surface area contributed by atoms with Crippen molar-refractivity contribution in [2.45, 2.75) is 13.8 Å². The third-order valence-electron chi connectivity index (χ3n) is 1.97. The zero-order valence-corrected chi connectivity index (χ0v) is 13.0. The van der Waals surface area contributed by atoms with Gasteiger partial charge in [-0.1, -0.05) is 23.2 Å². The third-order valence-corrected chi connectivity index (χ3v) is 4.77. The van der Waals surface area contributed by atoms with E-state index in [1.165, 1.54) is 13.8 Å². The van der Waals surface area contributed by atoms with Crippen LogP contribution in [-0.2, 0) is 0 Å². The average Bonchev–Trinajstić information content (AvgIpc) is 2.14. The second-order valence-electron chi connectivity index (χ2n) is 3.12. The van der Waals surface area contributed by atoms with Gasteiger partial charge >= 0.3 is 0 Å². The lowest BCUT2D eigenvalue weighted by molar-refractivity contribution is 0.100. The number of carbonyl (C=O) groups is 2. The number of Topliss-reactive ketones (excluding diaryl/α,β-unsaturated/α-hetero) is 2. The fraction of sp³-hybridized carbons (Fsp3) is 0.200. The zero-order valence-electron chi connectivity index (χ0n) is 8.33. The second-order valence-corrected chi connectivity index (χ2v) is 5.46. The summed E-state index contributed by atoms with van der Waals surface area (Å²) in [6.07, 6.45) is 0. The monoisotopic (exact) mass is 386 g/mol. The summed E-state index contributed by atoms with van der Waals surface area (Å²) < 4.78 is 0.695. The molecule has 0 radical (unpaired) electrons. The van der Waals surface area contributed by atoms with Gasteiger partial charge in [-0.3, -0.25) is 9.59 Å². The predicted octanol–water partition coefficient (Wildman–Crippen LogP) is 4.92. The summed E-state index contributed by atoms with van der Waals surface area (Å²) in [6.45, 7) is 2.75. The van der Waals surface area contributed by atoms with Gasteiger partial charge in [0.05, 0.1) is 21.2 Å². The number of hydrogen-bond acceptors (Lipinski definition) is 2. The van der Waals surface area contributed by atoms with Gasteiger partial charge in [-0.15, -0.1) is 0 Å². The minimum Gasteiger partial charge on any atom is -0.294 e. The maximum absolute atomic E-state index is 11.4. The molecule has 0 heterocycles. The molecule has 6 heteroatoms. The van der Waals surface area contributed by atoms with Crippen molar-refractivity contribution in [2.24, 2.45) is 0 Å². The Morgan fingerprint density at radius 3 is 1.31 bits per heavy atom. The zero-order chi connectivity index (χ0) is 12.6. The number of ketones is 2. The van der Waals surface area contributed by atoms with Gasteiger partial charge < -0.3 is 0 Å². The van der Waals surface area contributed by atoms with E-state index in [2.05, 4.69) is 31.9 Å². The van der Waals surface area contributed by atoms with Crippen molar-refractivity contribution in [2.75, 3.05) is 0 Å². The Hall–Kier alpha value is 0.1000. The van der Waals surface area contributed by atoms with Gasteiger partial charge in [0.2, 0.25) is 0 Å². The first-order valence-electron chi connectivity index (χ1n) is 4.16. The summed E-state index contributed by atoms with van der Waals surface area (Å²) in [6, 6.07) is 0. The molecule has 0 bridgehead atoms. The van der Waals surface area contributed by atoms with Crippen LogP contribution in [0, 0.1) is 0 Å². The van der Waals surface area contributed by atoms with Crippen LogP contribution in [0.5, 0.6) is 0 Å². The van der Waals surface area contributed by atoms with E-state index in [4.69, 9.17) is 23.2 Å². The maximum atomic E-state index is 11.4. The summed E-state index contributed by atoms with van der Waals surface area (Å²) >= 11 is 18.4. The molecule has 0 aliphatic rings. The van der Waals surface area contributed by atoms with Gasteiger partial charge in [0.15, 0.2) is 11.6 Å². The Bertz CT molecular complexity index is 424. The van der Waals surface area contributed by atoms with E-state index in [0.717, 1.165) is 0 Å². The molecule has 0 saturated heterocycles. The molecule has 0 aromatic heterocycles. The molecule has 0 aliphatic heterocycles. The minimum atomic E-state index is -0.227.